The molecule has 0 saturated carbocycles. The number of nitrogens with two attached hydrogens (primary N) is 1. The highest BCUT2D eigenvalue weighted by atomic mass is 16.4. The van der Waals surface area contributed by atoms with Crippen molar-refractivity contribution in [3.05, 3.63) is 0 Å². The first kappa shape index (κ1) is 10.3. The van der Waals surface area contributed by atoms with Gasteiger partial charge in [0.25, 0.3) is 0 Å². The van der Waals surface area contributed by atoms with Gasteiger partial charge in [-0.3, -0.25) is 0 Å². The lowest BCUT2D eigenvalue weighted by molar-refractivity contribution is 0.118. The predicted octanol–water partition coefficient (Wildman–Crippen LogP) is 1.12. The van der Waals surface area contributed by atoms with Gasteiger partial charge in [0.05, 0.1) is 0 Å². The van der Waals surface area contributed by atoms with Crippen molar-refractivity contribution in [2.45, 2.75) is 25.7 Å². The number of nitrogens with zero attached hydrogens (tertiary/aromatic N) is 1. The second-order valence-electron chi connectivity index (χ2n) is 3.67. The zero-order valence-corrected chi connectivity index (χ0v) is 7.91. The Balaban J connectivity index is 2.29. The van der Waals surface area contributed by atoms with E-state index in [1.54, 1.807) is 0 Å². The SMILES string of the molecule is NCCC[C@H]1CCCN(C(=O)O)C1. The van der Waals surface area contributed by atoms with Crippen LogP contribution in [0.3, 0.4) is 0 Å². The smallest absolute Gasteiger partial charge is 0.407 e. The lowest BCUT2D eigenvalue weighted by atomic mass is 9.94. The van der Waals surface area contributed by atoms with Crippen LogP contribution in [0.2, 0.25) is 0 Å². The molecule has 1 saturated heterocycles. The fourth-order valence-corrected chi connectivity index (χ4v) is 1.88. The third kappa shape index (κ3) is 3.22. The van der Waals surface area contributed by atoms with E-state index in [4.69, 9.17) is 10.8 Å². The molecule has 13 heavy (non-hydrogen) atoms. The number of hydrogen-bond donors (Lipinski definition) is 2. The van der Waals surface area contributed by atoms with Crippen LogP contribution in [0.25, 0.3) is 0 Å². The van der Waals surface area contributed by atoms with Crippen molar-refractivity contribution in [3.8, 4) is 0 Å². The molecule has 4 nitrogen and oxygen atoms in total. The monoisotopic (exact) mass is 186 g/mol. The summed E-state index contributed by atoms with van der Waals surface area (Å²) < 4.78 is 0. The Kier molecular flexibility index (Phi) is 4.02. The van der Waals surface area contributed by atoms with Crippen molar-refractivity contribution in [2.24, 2.45) is 11.7 Å². The number of carboxylic acid groups (broad SMARTS) is 1. The standard InChI is InChI=1S/C9H18N2O2/c10-5-1-3-8-4-2-6-11(7-8)9(12)13/h8H,1-7,10H2,(H,12,13)/t8-/m0/s1. The van der Waals surface area contributed by atoms with E-state index in [1.165, 1.54) is 4.90 Å². The summed E-state index contributed by atoms with van der Waals surface area (Å²) >= 11 is 0. The van der Waals surface area contributed by atoms with Crippen molar-refractivity contribution < 1.29 is 9.90 Å². The molecule has 1 fully saturated rings. The molecular formula is C9H18N2O2. The zero-order valence-electron chi connectivity index (χ0n) is 7.91. The molecule has 0 spiro atoms. The second-order valence-corrected chi connectivity index (χ2v) is 3.67. The van der Waals surface area contributed by atoms with Gasteiger partial charge in [0.1, 0.15) is 0 Å². The molecule has 1 amide bonds. The zero-order chi connectivity index (χ0) is 9.68. The molecule has 1 aliphatic heterocycles. The van der Waals surface area contributed by atoms with Crippen molar-refractivity contribution in [2.75, 3.05) is 19.6 Å². The number of piperidine rings is 1. The number of rotatable bonds is 3. The quantitative estimate of drug-likeness (QED) is 0.694. The Labute approximate surface area is 78.7 Å². The lowest BCUT2D eigenvalue weighted by Crippen LogP contribution is -2.39. The minimum absolute atomic E-state index is 0.536. The molecule has 0 radical (unpaired) electrons. The minimum atomic E-state index is -0.780. The molecule has 1 rings (SSSR count). The molecule has 1 aliphatic rings. The Bertz CT molecular complexity index is 173. The van der Waals surface area contributed by atoms with E-state index in [0.29, 0.717) is 25.6 Å². The highest BCUT2D eigenvalue weighted by Gasteiger charge is 2.22. The molecule has 1 atom stereocenters. The molecular weight excluding hydrogens is 168 g/mol. The molecule has 0 unspecified atom stereocenters. The first-order valence-electron chi connectivity index (χ1n) is 4.92. The van der Waals surface area contributed by atoms with E-state index in [-0.39, 0.29) is 0 Å². The van der Waals surface area contributed by atoms with E-state index in [0.717, 1.165) is 25.7 Å². The summed E-state index contributed by atoms with van der Waals surface area (Å²) in [5.74, 6) is 0.536. The van der Waals surface area contributed by atoms with Crippen LogP contribution in [0, 0.1) is 5.92 Å². The normalized spacial score (nSPS) is 23.2. The maximum absolute atomic E-state index is 10.7. The van der Waals surface area contributed by atoms with Crippen LogP contribution in [-0.2, 0) is 0 Å². The Morgan fingerprint density at radius 1 is 1.62 bits per heavy atom. The Morgan fingerprint density at radius 3 is 3.00 bits per heavy atom. The fraction of sp³-hybridized carbons (Fsp3) is 0.889. The molecule has 0 aromatic rings. The van der Waals surface area contributed by atoms with E-state index in [2.05, 4.69) is 0 Å². The minimum Gasteiger partial charge on any atom is -0.465 e. The average molecular weight is 186 g/mol. The molecule has 0 aromatic carbocycles. The molecule has 76 valence electrons. The molecule has 4 heteroatoms. The maximum Gasteiger partial charge on any atom is 0.407 e. The number of hydrogen-bond acceptors (Lipinski definition) is 2. The van der Waals surface area contributed by atoms with Crippen molar-refractivity contribution in [1.29, 1.82) is 0 Å². The van der Waals surface area contributed by atoms with Crippen molar-refractivity contribution in [1.82, 2.24) is 4.90 Å². The van der Waals surface area contributed by atoms with Gasteiger partial charge < -0.3 is 15.7 Å². The van der Waals surface area contributed by atoms with Gasteiger partial charge in [-0.05, 0) is 38.1 Å². The van der Waals surface area contributed by atoms with Gasteiger partial charge in [-0.15, -0.1) is 0 Å². The van der Waals surface area contributed by atoms with Crippen LogP contribution >= 0.6 is 0 Å². The number of carbonyl (C=O) groups is 1. The van der Waals surface area contributed by atoms with Crippen molar-refractivity contribution in [3.63, 3.8) is 0 Å². The lowest BCUT2D eigenvalue weighted by Gasteiger charge is -2.30. The molecule has 0 aliphatic carbocycles. The van der Waals surface area contributed by atoms with Crippen LogP contribution < -0.4 is 5.73 Å². The maximum atomic E-state index is 10.7. The average Bonchev–Trinajstić information content (AvgIpc) is 2.15. The van der Waals surface area contributed by atoms with Crippen LogP contribution in [0.5, 0.6) is 0 Å². The van der Waals surface area contributed by atoms with Gasteiger partial charge in [-0.1, -0.05) is 0 Å². The summed E-state index contributed by atoms with van der Waals surface area (Å²) in [7, 11) is 0. The number of amides is 1. The van der Waals surface area contributed by atoms with Crippen LogP contribution in [0.4, 0.5) is 4.79 Å². The summed E-state index contributed by atoms with van der Waals surface area (Å²) in [5.41, 5.74) is 5.41. The summed E-state index contributed by atoms with van der Waals surface area (Å²) in [6.07, 6.45) is 3.46. The highest BCUT2D eigenvalue weighted by Crippen LogP contribution is 2.20. The van der Waals surface area contributed by atoms with E-state index < -0.39 is 6.09 Å². The van der Waals surface area contributed by atoms with Gasteiger partial charge >= 0.3 is 6.09 Å². The fourth-order valence-electron chi connectivity index (χ4n) is 1.88. The van der Waals surface area contributed by atoms with E-state index in [9.17, 15) is 4.79 Å². The van der Waals surface area contributed by atoms with E-state index >= 15 is 0 Å². The first-order chi connectivity index (χ1) is 6.24. The van der Waals surface area contributed by atoms with Crippen molar-refractivity contribution >= 4 is 6.09 Å². The van der Waals surface area contributed by atoms with Gasteiger partial charge in [-0.25, -0.2) is 4.79 Å². The third-order valence-corrected chi connectivity index (χ3v) is 2.61. The molecule has 3 N–H and O–H groups in total. The van der Waals surface area contributed by atoms with Crippen LogP contribution in [-0.4, -0.2) is 35.7 Å². The first-order valence-corrected chi connectivity index (χ1v) is 4.92. The summed E-state index contributed by atoms with van der Waals surface area (Å²) in [5, 5.41) is 8.78. The summed E-state index contributed by atoms with van der Waals surface area (Å²) in [4.78, 5) is 12.2. The molecule has 0 bridgehead atoms. The van der Waals surface area contributed by atoms with Crippen LogP contribution in [0.1, 0.15) is 25.7 Å². The van der Waals surface area contributed by atoms with Gasteiger partial charge in [0, 0.05) is 13.1 Å². The Hall–Kier alpha value is -0.770. The second kappa shape index (κ2) is 5.07. The third-order valence-electron chi connectivity index (χ3n) is 2.61. The Morgan fingerprint density at radius 2 is 2.38 bits per heavy atom. The van der Waals surface area contributed by atoms with Crippen LogP contribution in [0.15, 0.2) is 0 Å². The largest absolute Gasteiger partial charge is 0.465 e. The summed E-state index contributed by atoms with van der Waals surface area (Å²) in [6.45, 7) is 2.12. The topological polar surface area (TPSA) is 66.6 Å². The van der Waals surface area contributed by atoms with E-state index in [1.807, 2.05) is 0 Å². The molecule has 0 aromatic heterocycles. The predicted molar refractivity (Wildman–Crippen MR) is 50.6 cm³/mol. The van der Waals surface area contributed by atoms with Gasteiger partial charge in [0.2, 0.25) is 0 Å². The molecule has 1 heterocycles. The van der Waals surface area contributed by atoms with Gasteiger partial charge in [-0.2, -0.15) is 0 Å². The summed E-state index contributed by atoms with van der Waals surface area (Å²) in [6, 6.07) is 0. The van der Waals surface area contributed by atoms with Gasteiger partial charge in [0.15, 0.2) is 0 Å². The highest BCUT2D eigenvalue weighted by molar-refractivity contribution is 5.65. The number of likely N-dealkylation sites (tertiary alicyclic amines) is 1.